The van der Waals surface area contributed by atoms with Crippen molar-refractivity contribution in [3.05, 3.63) is 40.4 Å². The number of benzene rings is 1. The van der Waals surface area contributed by atoms with Crippen LogP contribution in [0.4, 0.5) is 0 Å². The second-order valence-electron chi connectivity index (χ2n) is 4.50. The van der Waals surface area contributed by atoms with Gasteiger partial charge in [0, 0.05) is 23.5 Å². The van der Waals surface area contributed by atoms with Crippen molar-refractivity contribution >= 4 is 33.9 Å². The molecule has 1 aromatic carbocycles. The van der Waals surface area contributed by atoms with E-state index in [1.807, 2.05) is 31.2 Å². The maximum atomic E-state index is 11.6. The lowest BCUT2D eigenvalue weighted by atomic mass is 10.0. The molecule has 2 N–H and O–H groups in total. The molecule has 108 valence electrons. The van der Waals surface area contributed by atoms with E-state index < -0.39 is 5.97 Å². The molecule has 1 unspecified atom stereocenters. The molecule has 0 fully saturated rings. The van der Waals surface area contributed by atoms with Crippen molar-refractivity contribution in [2.75, 3.05) is 6.54 Å². The van der Waals surface area contributed by atoms with Crippen molar-refractivity contribution in [3.8, 4) is 0 Å². The van der Waals surface area contributed by atoms with Gasteiger partial charge in [-0.25, -0.2) is 0 Å². The fourth-order valence-corrected chi connectivity index (χ4v) is 1.92. The second kappa shape index (κ2) is 8.53. The number of carboxylic acids is 1. The minimum Gasteiger partial charge on any atom is -0.481 e. The van der Waals surface area contributed by atoms with E-state index in [9.17, 15) is 9.59 Å². The topological polar surface area (TPSA) is 66.4 Å². The molecule has 0 aromatic heterocycles. The molecule has 0 saturated carbocycles. The van der Waals surface area contributed by atoms with Crippen LogP contribution in [-0.2, 0) is 9.59 Å². The maximum Gasteiger partial charge on any atom is 0.303 e. The summed E-state index contributed by atoms with van der Waals surface area (Å²) in [6, 6.07) is 7.59. The van der Waals surface area contributed by atoms with Gasteiger partial charge in [0.1, 0.15) is 0 Å². The summed E-state index contributed by atoms with van der Waals surface area (Å²) >= 11 is 3.34. The fourth-order valence-electron chi connectivity index (χ4n) is 1.66. The number of halogens is 1. The number of aliphatic carboxylic acids is 1. The van der Waals surface area contributed by atoms with E-state index in [0.717, 1.165) is 16.5 Å². The molecule has 0 saturated heterocycles. The maximum absolute atomic E-state index is 11.6. The Bertz CT molecular complexity index is 482. The summed E-state index contributed by atoms with van der Waals surface area (Å²) in [5, 5.41) is 11.4. The molecule has 4 nitrogen and oxygen atoms in total. The molecular formula is C15H18BrNO3. The van der Waals surface area contributed by atoms with Gasteiger partial charge < -0.3 is 10.4 Å². The zero-order valence-electron chi connectivity index (χ0n) is 11.3. The Labute approximate surface area is 127 Å². The summed E-state index contributed by atoms with van der Waals surface area (Å²) in [7, 11) is 0. The average Bonchev–Trinajstić information content (AvgIpc) is 2.42. The lowest BCUT2D eigenvalue weighted by molar-refractivity contribution is -0.138. The van der Waals surface area contributed by atoms with Crippen LogP contribution in [0, 0.1) is 5.92 Å². The zero-order valence-corrected chi connectivity index (χ0v) is 12.9. The lowest BCUT2D eigenvalue weighted by Gasteiger charge is -2.12. The normalized spacial score (nSPS) is 12.3. The van der Waals surface area contributed by atoms with Gasteiger partial charge in [0.2, 0.25) is 5.91 Å². The van der Waals surface area contributed by atoms with E-state index in [2.05, 4.69) is 21.2 Å². The lowest BCUT2D eigenvalue weighted by Crippen LogP contribution is -2.28. The quantitative estimate of drug-likeness (QED) is 0.750. The molecule has 1 aromatic rings. The van der Waals surface area contributed by atoms with Crippen molar-refractivity contribution in [1.29, 1.82) is 0 Å². The van der Waals surface area contributed by atoms with Gasteiger partial charge in [-0.1, -0.05) is 41.4 Å². The van der Waals surface area contributed by atoms with Gasteiger partial charge in [0.05, 0.1) is 0 Å². The molecule has 0 aliphatic rings. The van der Waals surface area contributed by atoms with Crippen LogP contribution in [0.1, 0.15) is 25.3 Å². The highest BCUT2D eigenvalue weighted by Gasteiger charge is 2.11. The van der Waals surface area contributed by atoms with Crippen LogP contribution in [0.25, 0.3) is 6.08 Å². The first-order valence-electron chi connectivity index (χ1n) is 6.44. The summed E-state index contributed by atoms with van der Waals surface area (Å²) in [5.41, 5.74) is 0.931. The Balaban J connectivity index is 2.43. The predicted molar refractivity (Wildman–Crippen MR) is 82.2 cm³/mol. The van der Waals surface area contributed by atoms with Gasteiger partial charge >= 0.3 is 5.97 Å². The van der Waals surface area contributed by atoms with E-state index in [4.69, 9.17) is 5.11 Å². The Morgan fingerprint density at radius 2 is 2.00 bits per heavy atom. The number of nitrogens with one attached hydrogen (secondary N) is 1. The van der Waals surface area contributed by atoms with Crippen LogP contribution in [0.2, 0.25) is 0 Å². The summed E-state index contributed by atoms with van der Waals surface area (Å²) in [4.78, 5) is 22.3. The predicted octanol–water partition coefficient (Wildman–Crippen LogP) is 3.08. The summed E-state index contributed by atoms with van der Waals surface area (Å²) in [6.45, 7) is 2.30. The minimum absolute atomic E-state index is 0.0301. The highest BCUT2D eigenvalue weighted by atomic mass is 79.9. The van der Waals surface area contributed by atoms with Crippen LogP contribution in [-0.4, -0.2) is 23.5 Å². The average molecular weight is 340 g/mol. The number of carbonyl (C=O) groups is 2. The SMILES string of the molecule is CCC(CNC(=O)/C=C/c1ccc(Br)cc1)CC(=O)O. The number of carboxylic acid groups (broad SMARTS) is 1. The molecule has 1 amide bonds. The third-order valence-corrected chi connectivity index (χ3v) is 3.43. The van der Waals surface area contributed by atoms with E-state index in [-0.39, 0.29) is 18.2 Å². The largest absolute Gasteiger partial charge is 0.481 e. The third-order valence-electron chi connectivity index (χ3n) is 2.90. The first kappa shape index (κ1) is 16.4. The Hall–Kier alpha value is -1.62. The first-order valence-corrected chi connectivity index (χ1v) is 7.23. The molecule has 1 atom stereocenters. The molecular weight excluding hydrogens is 322 g/mol. The molecule has 20 heavy (non-hydrogen) atoms. The summed E-state index contributed by atoms with van der Waals surface area (Å²) < 4.78 is 0.985. The molecule has 0 aliphatic carbocycles. The van der Waals surface area contributed by atoms with Crippen molar-refractivity contribution < 1.29 is 14.7 Å². The van der Waals surface area contributed by atoms with Crippen LogP contribution in [0.5, 0.6) is 0 Å². The molecule has 0 bridgehead atoms. The molecule has 5 heteroatoms. The smallest absolute Gasteiger partial charge is 0.303 e. The molecule has 0 aliphatic heterocycles. The Morgan fingerprint density at radius 1 is 1.35 bits per heavy atom. The number of hydrogen-bond donors (Lipinski definition) is 2. The zero-order chi connectivity index (χ0) is 15.0. The van der Waals surface area contributed by atoms with Gasteiger partial charge in [0.15, 0.2) is 0 Å². The van der Waals surface area contributed by atoms with Crippen LogP contribution < -0.4 is 5.32 Å². The van der Waals surface area contributed by atoms with Gasteiger partial charge in [-0.3, -0.25) is 9.59 Å². The third kappa shape index (κ3) is 6.52. The van der Waals surface area contributed by atoms with Gasteiger partial charge in [-0.05, 0) is 29.7 Å². The van der Waals surface area contributed by atoms with E-state index in [0.29, 0.717) is 6.54 Å². The Morgan fingerprint density at radius 3 is 2.55 bits per heavy atom. The van der Waals surface area contributed by atoms with Crippen LogP contribution >= 0.6 is 15.9 Å². The van der Waals surface area contributed by atoms with Crippen LogP contribution in [0.15, 0.2) is 34.8 Å². The molecule has 1 rings (SSSR count). The number of rotatable bonds is 7. The molecule has 0 radical (unpaired) electrons. The van der Waals surface area contributed by atoms with E-state index in [1.165, 1.54) is 6.08 Å². The van der Waals surface area contributed by atoms with Crippen molar-refractivity contribution in [2.45, 2.75) is 19.8 Å². The van der Waals surface area contributed by atoms with Crippen molar-refractivity contribution in [1.82, 2.24) is 5.32 Å². The summed E-state index contributed by atoms with van der Waals surface area (Å²) in [6.07, 6.45) is 3.98. The first-order chi connectivity index (χ1) is 9.51. The highest BCUT2D eigenvalue weighted by molar-refractivity contribution is 9.10. The van der Waals surface area contributed by atoms with E-state index >= 15 is 0 Å². The van der Waals surface area contributed by atoms with Crippen molar-refractivity contribution in [2.24, 2.45) is 5.92 Å². The highest BCUT2D eigenvalue weighted by Crippen LogP contribution is 2.11. The second-order valence-corrected chi connectivity index (χ2v) is 5.42. The number of carbonyl (C=O) groups excluding carboxylic acids is 1. The van der Waals surface area contributed by atoms with Crippen molar-refractivity contribution in [3.63, 3.8) is 0 Å². The number of amides is 1. The fraction of sp³-hybridized carbons (Fsp3) is 0.333. The Kier molecular flexibility index (Phi) is 7.01. The van der Waals surface area contributed by atoms with Gasteiger partial charge in [-0.2, -0.15) is 0 Å². The number of hydrogen-bond acceptors (Lipinski definition) is 2. The van der Waals surface area contributed by atoms with Crippen LogP contribution in [0.3, 0.4) is 0 Å². The van der Waals surface area contributed by atoms with Gasteiger partial charge in [0.25, 0.3) is 0 Å². The standard InChI is InChI=1S/C15H18BrNO3/c1-2-11(9-15(19)20)10-17-14(18)8-5-12-3-6-13(16)7-4-12/h3-8,11H,2,9-10H2,1H3,(H,17,18)(H,19,20)/b8-5+. The van der Waals surface area contributed by atoms with E-state index in [1.54, 1.807) is 6.08 Å². The monoisotopic (exact) mass is 339 g/mol. The molecule has 0 heterocycles. The van der Waals surface area contributed by atoms with Gasteiger partial charge in [-0.15, -0.1) is 0 Å². The molecule has 0 spiro atoms. The summed E-state index contributed by atoms with van der Waals surface area (Å²) in [5.74, 6) is -1.08. The minimum atomic E-state index is -0.837.